The number of benzene rings is 1. The molecule has 0 unspecified atom stereocenters. The van der Waals surface area contributed by atoms with Crippen LogP contribution in [0.15, 0.2) is 60.9 Å². The maximum atomic E-state index is 12.8. The van der Waals surface area contributed by atoms with Gasteiger partial charge in [-0.1, -0.05) is 18.2 Å². The van der Waals surface area contributed by atoms with Crippen LogP contribution >= 0.6 is 0 Å². The third-order valence-corrected chi connectivity index (χ3v) is 4.63. The van der Waals surface area contributed by atoms with Gasteiger partial charge in [-0.3, -0.25) is 19.7 Å². The maximum Gasteiger partial charge on any atom is 0.241 e. The average Bonchev–Trinajstić information content (AvgIpc) is 3.11. The third kappa shape index (κ3) is 3.51. The van der Waals surface area contributed by atoms with Crippen molar-refractivity contribution in [2.75, 3.05) is 11.9 Å². The molecule has 0 aliphatic carbocycles. The number of likely N-dealkylation sites (tertiary alicyclic amines) is 1. The molecule has 0 spiro atoms. The van der Waals surface area contributed by atoms with Crippen molar-refractivity contribution in [2.45, 2.75) is 25.4 Å². The van der Waals surface area contributed by atoms with E-state index < -0.39 is 0 Å². The van der Waals surface area contributed by atoms with Gasteiger partial charge in [-0.05, 0) is 49.7 Å². The predicted octanol–water partition coefficient (Wildman–Crippen LogP) is 3.23. The summed E-state index contributed by atoms with van der Waals surface area (Å²) < 4.78 is 0. The van der Waals surface area contributed by atoms with Gasteiger partial charge in [0.1, 0.15) is 0 Å². The van der Waals surface area contributed by atoms with Crippen LogP contribution in [0.4, 0.5) is 5.69 Å². The first kappa shape index (κ1) is 15.7. The van der Waals surface area contributed by atoms with E-state index in [1.165, 1.54) is 0 Å². The molecule has 1 saturated heterocycles. The maximum absolute atomic E-state index is 12.8. The van der Waals surface area contributed by atoms with E-state index >= 15 is 0 Å². The van der Waals surface area contributed by atoms with Gasteiger partial charge in [0, 0.05) is 30.0 Å². The quantitative estimate of drug-likeness (QED) is 0.797. The van der Waals surface area contributed by atoms with E-state index in [0.29, 0.717) is 6.54 Å². The summed E-state index contributed by atoms with van der Waals surface area (Å²) in [7, 11) is 0. The molecule has 1 aliphatic heterocycles. The Morgan fingerprint density at radius 1 is 1.12 bits per heavy atom. The molecule has 126 valence electrons. The average molecular weight is 332 g/mol. The van der Waals surface area contributed by atoms with Crippen LogP contribution in [0.1, 0.15) is 18.5 Å². The van der Waals surface area contributed by atoms with Crippen LogP contribution in [0.2, 0.25) is 0 Å². The molecule has 3 aromatic rings. The van der Waals surface area contributed by atoms with Gasteiger partial charge in [0.05, 0.1) is 17.3 Å². The molecule has 3 heterocycles. The Morgan fingerprint density at radius 2 is 2.04 bits per heavy atom. The number of aromatic nitrogens is 2. The van der Waals surface area contributed by atoms with Gasteiger partial charge in [-0.15, -0.1) is 0 Å². The Morgan fingerprint density at radius 3 is 2.92 bits per heavy atom. The van der Waals surface area contributed by atoms with Gasteiger partial charge in [-0.2, -0.15) is 0 Å². The highest BCUT2D eigenvalue weighted by atomic mass is 16.2. The van der Waals surface area contributed by atoms with Crippen LogP contribution in [0.25, 0.3) is 10.9 Å². The lowest BCUT2D eigenvalue weighted by Gasteiger charge is -2.23. The van der Waals surface area contributed by atoms with Crippen LogP contribution in [0.3, 0.4) is 0 Å². The van der Waals surface area contributed by atoms with E-state index in [2.05, 4.69) is 20.2 Å². The number of amides is 1. The number of rotatable bonds is 4. The molecule has 5 heteroatoms. The lowest BCUT2D eigenvalue weighted by atomic mass is 10.1. The summed E-state index contributed by atoms with van der Waals surface area (Å²) in [5, 5.41) is 4.12. The zero-order valence-corrected chi connectivity index (χ0v) is 13.9. The first-order valence-corrected chi connectivity index (χ1v) is 8.59. The fraction of sp³-hybridized carbons (Fsp3) is 0.250. The number of fused-ring (bicyclic) bond motifs is 1. The molecule has 0 bridgehead atoms. The van der Waals surface area contributed by atoms with Crippen molar-refractivity contribution in [2.24, 2.45) is 0 Å². The molecule has 1 atom stereocenters. The second-order valence-electron chi connectivity index (χ2n) is 6.35. The summed E-state index contributed by atoms with van der Waals surface area (Å²) in [5.41, 5.74) is 2.68. The number of pyridine rings is 2. The summed E-state index contributed by atoms with van der Waals surface area (Å²) in [4.78, 5) is 23.7. The van der Waals surface area contributed by atoms with Gasteiger partial charge in [0.15, 0.2) is 0 Å². The standard InChI is InChI=1S/C20H20N4O/c25-20(23-16-9-8-15-5-3-11-22-18(15)13-16)19-7-4-12-24(19)14-17-6-1-2-10-21-17/h1-3,5-6,8-11,13,19H,4,7,12,14H2,(H,23,25)/t19-/m0/s1. The summed E-state index contributed by atoms with van der Waals surface area (Å²) in [6.07, 6.45) is 5.47. The molecule has 5 nitrogen and oxygen atoms in total. The lowest BCUT2D eigenvalue weighted by molar-refractivity contribution is -0.120. The van der Waals surface area contributed by atoms with Crippen molar-refractivity contribution in [3.05, 3.63) is 66.6 Å². The second-order valence-corrected chi connectivity index (χ2v) is 6.35. The number of carbonyl (C=O) groups is 1. The molecule has 1 amide bonds. The fourth-order valence-corrected chi connectivity index (χ4v) is 3.38. The van der Waals surface area contributed by atoms with Gasteiger partial charge in [-0.25, -0.2) is 0 Å². The largest absolute Gasteiger partial charge is 0.325 e. The summed E-state index contributed by atoms with van der Waals surface area (Å²) in [6.45, 7) is 1.63. The van der Waals surface area contributed by atoms with Crippen LogP contribution in [0, 0.1) is 0 Å². The smallest absolute Gasteiger partial charge is 0.241 e. The van der Waals surface area contributed by atoms with Crippen molar-refractivity contribution in [1.29, 1.82) is 0 Å². The molecule has 25 heavy (non-hydrogen) atoms. The zero-order valence-electron chi connectivity index (χ0n) is 13.9. The molecule has 1 aliphatic rings. The topological polar surface area (TPSA) is 58.1 Å². The highest BCUT2D eigenvalue weighted by molar-refractivity contribution is 5.96. The van der Waals surface area contributed by atoms with Crippen molar-refractivity contribution in [3.63, 3.8) is 0 Å². The number of hydrogen-bond donors (Lipinski definition) is 1. The number of nitrogens with zero attached hydrogens (tertiary/aromatic N) is 3. The van der Waals surface area contributed by atoms with E-state index in [9.17, 15) is 4.79 Å². The highest BCUT2D eigenvalue weighted by Crippen LogP contribution is 2.22. The zero-order chi connectivity index (χ0) is 17.1. The van der Waals surface area contributed by atoms with Crippen LogP contribution < -0.4 is 5.32 Å². The van der Waals surface area contributed by atoms with Crippen LogP contribution in [-0.4, -0.2) is 33.4 Å². The van der Waals surface area contributed by atoms with Crippen molar-refractivity contribution in [1.82, 2.24) is 14.9 Å². The fourth-order valence-electron chi connectivity index (χ4n) is 3.38. The summed E-state index contributed by atoms with van der Waals surface area (Å²) >= 11 is 0. The number of nitrogens with one attached hydrogen (secondary N) is 1. The Bertz CT molecular complexity index is 881. The first-order chi connectivity index (χ1) is 12.3. The molecular weight excluding hydrogens is 312 g/mol. The van der Waals surface area contributed by atoms with E-state index in [1.54, 1.807) is 12.4 Å². The third-order valence-electron chi connectivity index (χ3n) is 4.63. The van der Waals surface area contributed by atoms with Crippen LogP contribution in [0.5, 0.6) is 0 Å². The number of carbonyl (C=O) groups excluding carboxylic acids is 1. The number of hydrogen-bond acceptors (Lipinski definition) is 4. The van der Waals surface area contributed by atoms with Gasteiger partial charge >= 0.3 is 0 Å². The van der Waals surface area contributed by atoms with E-state index in [4.69, 9.17) is 0 Å². The predicted molar refractivity (Wildman–Crippen MR) is 98.0 cm³/mol. The minimum absolute atomic E-state index is 0.0451. The second kappa shape index (κ2) is 6.99. The Balaban J connectivity index is 1.47. The normalized spacial score (nSPS) is 17.7. The molecule has 0 radical (unpaired) electrons. The SMILES string of the molecule is O=C(Nc1ccc2cccnc2c1)[C@@H]1CCCN1Cc1ccccn1. The van der Waals surface area contributed by atoms with E-state index in [-0.39, 0.29) is 11.9 Å². The van der Waals surface area contributed by atoms with E-state index in [0.717, 1.165) is 41.7 Å². The Hall–Kier alpha value is -2.79. The molecule has 1 fully saturated rings. The van der Waals surface area contributed by atoms with Gasteiger partial charge in [0.25, 0.3) is 0 Å². The van der Waals surface area contributed by atoms with Crippen molar-refractivity contribution < 1.29 is 4.79 Å². The summed E-state index contributed by atoms with van der Waals surface area (Å²) in [5.74, 6) is 0.0451. The molecular formula is C20H20N4O. The molecule has 1 N–H and O–H groups in total. The summed E-state index contributed by atoms with van der Waals surface area (Å²) in [6, 6.07) is 15.5. The van der Waals surface area contributed by atoms with Crippen molar-refractivity contribution in [3.8, 4) is 0 Å². The van der Waals surface area contributed by atoms with Gasteiger partial charge < -0.3 is 5.32 Å². The van der Waals surface area contributed by atoms with E-state index in [1.807, 2.05) is 48.5 Å². The minimum atomic E-state index is -0.110. The Labute approximate surface area is 146 Å². The minimum Gasteiger partial charge on any atom is -0.325 e. The molecule has 4 rings (SSSR count). The lowest BCUT2D eigenvalue weighted by Crippen LogP contribution is -2.39. The number of anilines is 1. The first-order valence-electron chi connectivity index (χ1n) is 8.59. The Kier molecular flexibility index (Phi) is 4.39. The molecule has 2 aromatic heterocycles. The van der Waals surface area contributed by atoms with Crippen LogP contribution in [-0.2, 0) is 11.3 Å². The van der Waals surface area contributed by atoms with Crippen molar-refractivity contribution >= 4 is 22.5 Å². The highest BCUT2D eigenvalue weighted by Gasteiger charge is 2.30. The molecule has 1 aromatic carbocycles. The molecule has 0 saturated carbocycles. The monoisotopic (exact) mass is 332 g/mol. The van der Waals surface area contributed by atoms with Gasteiger partial charge in [0.2, 0.25) is 5.91 Å².